The Balaban J connectivity index is 1.31. The molecule has 0 amide bonds. The Labute approximate surface area is 287 Å². The molecule has 7 rings (SSSR count). The van der Waals surface area contributed by atoms with Crippen LogP contribution in [-0.4, -0.2) is 23.8 Å². The van der Waals surface area contributed by atoms with Gasteiger partial charge >= 0.3 is 5.97 Å². The van der Waals surface area contributed by atoms with Crippen LogP contribution in [0.1, 0.15) is 42.1 Å². The van der Waals surface area contributed by atoms with Crippen LogP contribution in [0.4, 0.5) is 0 Å². The van der Waals surface area contributed by atoms with Crippen molar-refractivity contribution in [3.05, 3.63) is 169 Å². The number of ether oxygens (including phenoxy) is 3. The van der Waals surface area contributed by atoms with Crippen molar-refractivity contribution < 1.29 is 19.0 Å². The molecule has 2 heterocycles. The van der Waals surface area contributed by atoms with Crippen LogP contribution in [0.2, 0.25) is 0 Å². The van der Waals surface area contributed by atoms with Gasteiger partial charge in [0.2, 0.25) is 0 Å². The Kier molecular flexibility index (Phi) is 9.21. The second-order valence-corrected chi connectivity index (χ2v) is 12.4. The van der Waals surface area contributed by atoms with E-state index in [0.29, 0.717) is 45.3 Å². The van der Waals surface area contributed by atoms with Crippen molar-refractivity contribution >= 4 is 39.9 Å². The van der Waals surface area contributed by atoms with Gasteiger partial charge in [-0.3, -0.25) is 9.36 Å². The fourth-order valence-electron chi connectivity index (χ4n) is 6.12. The molecular weight excluding hydrogens is 633 g/mol. The van der Waals surface area contributed by atoms with Gasteiger partial charge in [-0.25, -0.2) is 9.79 Å². The van der Waals surface area contributed by atoms with Gasteiger partial charge in [0, 0.05) is 5.56 Å². The summed E-state index contributed by atoms with van der Waals surface area (Å²) in [6.07, 6.45) is 1.83. The molecule has 1 aromatic heterocycles. The first-order valence-electron chi connectivity index (χ1n) is 16.3. The molecule has 6 aromatic rings. The molecule has 0 saturated carbocycles. The van der Waals surface area contributed by atoms with Crippen molar-refractivity contribution in [2.75, 3.05) is 13.2 Å². The number of hydrogen-bond donors (Lipinski definition) is 0. The van der Waals surface area contributed by atoms with Crippen molar-refractivity contribution in [2.24, 2.45) is 4.99 Å². The Morgan fingerprint density at radius 2 is 1.55 bits per heavy atom. The molecule has 1 atom stereocenters. The van der Waals surface area contributed by atoms with E-state index in [1.165, 1.54) is 11.3 Å². The molecule has 0 unspecified atom stereocenters. The van der Waals surface area contributed by atoms with Crippen LogP contribution >= 0.6 is 11.3 Å². The quantitative estimate of drug-likeness (QED) is 0.146. The highest BCUT2D eigenvalue weighted by Gasteiger charge is 2.35. The minimum atomic E-state index is -0.724. The standard InChI is InChI=1S/C41H34N2O5S/c1-3-46-34-24-27(22-23-33(34)48-26-31-20-13-19-28-14-11-12-21-32(28)31)25-35-39(44)43-38(30-17-9-6-10-18-30)36(40(45)47-4-2)37(42-41(43)49-35)29-15-7-5-8-16-29/h5-25,38H,3-4,26H2,1-2H3/b35-25-/t38-/m0/s1. The summed E-state index contributed by atoms with van der Waals surface area (Å²) < 4.78 is 19.9. The maximum atomic E-state index is 14.3. The van der Waals surface area contributed by atoms with E-state index >= 15 is 0 Å². The number of benzene rings is 5. The molecule has 0 spiro atoms. The normalized spacial score (nSPS) is 14.3. The summed E-state index contributed by atoms with van der Waals surface area (Å²) in [6.45, 7) is 4.72. The van der Waals surface area contributed by atoms with E-state index in [2.05, 4.69) is 24.3 Å². The fourth-order valence-corrected chi connectivity index (χ4v) is 7.12. The van der Waals surface area contributed by atoms with Crippen molar-refractivity contribution in [2.45, 2.75) is 26.5 Å². The predicted molar refractivity (Wildman–Crippen MR) is 193 cm³/mol. The number of carbonyl (C=O) groups is 1. The topological polar surface area (TPSA) is 79.1 Å². The number of esters is 1. The number of aromatic nitrogens is 1. The lowest BCUT2D eigenvalue weighted by molar-refractivity contribution is -0.138. The van der Waals surface area contributed by atoms with Crippen molar-refractivity contribution in [3.8, 4) is 11.5 Å². The summed E-state index contributed by atoms with van der Waals surface area (Å²) >= 11 is 1.28. The number of carbonyl (C=O) groups excluding carboxylic acids is 1. The first kappa shape index (κ1) is 31.8. The monoisotopic (exact) mass is 666 g/mol. The van der Waals surface area contributed by atoms with E-state index in [-0.39, 0.29) is 12.2 Å². The predicted octanol–water partition coefficient (Wildman–Crippen LogP) is 7.07. The van der Waals surface area contributed by atoms with Crippen LogP contribution in [0, 0.1) is 0 Å². The van der Waals surface area contributed by atoms with Gasteiger partial charge in [0.15, 0.2) is 16.3 Å². The Bertz CT molecular complexity index is 2360. The van der Waals surface area contributed by atoms with Crippen molar-refractivity contribution in [1.29, 1.82) is 0 Å². The molecule has 1 aliphatic rings. The highest BCUT2D eigenvalue weighted by molar-refractivity contribution is 7.07. The smallest absolute Gasteiger partial charge is 0.338 e. The summed E-state index contributed by atoms with van der Waals surface area (Å²) in [5.41, 5.74) is 3.97. The van der Waals surface area contributed by atoms with Crippen LogP contribution < -0.4 is 24.4 Å². The summed E-state index contributed by atoms with van der Waals surface area (Å²) in [4.78, 5) is 33.3. The Morgan fingerprint density at radius 3 is 2.33 bits per heavy atom. The first-order chi connectivity index (χ1) is 24.1. The highest BCUT2D eigenvalue weighted by Crippen LogP contribution is 2.35. The third-order valence-corrected chi connectivity index (χ3v) is 9.30. The van der Waals surface area contributed by atoms with Crippen LogP contribution in [-0.2, 0) is 16.1 Å². The molecule has 0 bridgehead atoms. The largest absolute Gasteiger partial charge is 0.490 e. The number of fused-ring (bicyclic) bond motifs is 2. The number of thiazole rings is 1. The SMILES string of the molecule is CCOC(=O)C1=C(c2ccccc2)N=c2s/c(=C\c3ccc(OCc4cccc5ccccc45)c(OCC)c3)c(=O)n2[C@H]1c1ccccc1. The average Bonchev–Trinajstić information content (AvgIpc) is 3.45. The molecule has 1 aliphatic heterocycles. The molecule has 8 heteroatoms. The summed E-state index contributed by atoms with van der Waals surface area (Å²) in [5, 5.41) is 2.30. The summed E-state index contributed by atoms with van der Waals surface area (Å²) in [5.74, 6) is 0.695. The van der Waals surface area contributed by atoms with Gasteiger partial charge in [0.1, 0.15) is 6.61 Å². The van der Waals surface area contributed by atoms with E-state index in [4.69, 9.17) is 19.2 Å². The molecule has 0 aliphatic carbocycles. The summed E-state index contributed by atoms with van der Waals surface area (Å²) in [6, 6.07) is 38.4. The lowest BCUT2D eigenvalue weighted by atomic mass is 9.93. The van der Waals surface area contributed by atoms with E-state index < -0.39 is 12.0 Å². The van der Waals surface area contributed by atoms with E-state index in [9.17, 15) is 9.59 Å². The molecule has 0 N–H and O–H groups in total. The first-order valence-corrected chi connectivity index (χ1v) is 17.1. The number of nitrogens with zero attached hydrogens (tertiary/aromatic N) is 2. The van der Waals surface area contributed by atoms with Gasteiger partial charge in [0.25, 0.3) is 5.56 Å². The molecule has 7 nitrogen and oxygen atoms in total. The molecular formula is C41H34N2O5S. The van der Waals surface area contributed by atoms with Gasteiger partial charge in [0.05, 0.1) is 35.1 Å². The van der Waals surface area contributed by atoms with Crippen LogP contribution in [0.15, 0.2) is 137 Å². The van der Waals surface area contributed by atoms with Gasteiger partial charge in [-0.2, -0.15) is 0 Å². The van der Waals surface area contributed by atoms with E-state index in [1.54, 1.807) is 11.5 Å². The second-order valence-electron chi connectivity index (χ2n) is 11.4. The third-order valence-electron chi connectivity index (χ3n) is 8.32. The Morgan fingerprint density at radius 1 is 0.816 bits per heavy atom. The summed E-state index contributed by atoms with van der Waals surface area (Å²) in [7, 11) is 0. The van der Waals surface area contributed by atoms with Gasteiger partial charge in [-0.05, 0) is 59.5 Å². The highest BCUT2D eigenvalue weighted by atomic mass is 32.1. The maximum absolute atomic E-state index is 14.3. The minimum Gasteiger partial charge on any atom is -0.490 e. The number of rotatable bonds is 10. The molecule has 244 valence electrons. The molecule has 0 radical (unpaired) electrons. The molecule has 49 heavy (non-hydrogen) atoms. The zero-order valence-corrected chi connectivity index (χ0v) is 28.0. The Hall–Kier alpha value is -5.73. The van der Waals surface area contributed by atoms with Crippen molar-refractivity contribution in [3.63, 3.8) is 0 Å². The number of hydrogen-bond acceptors (Lipinski definition) is 7. The maximum Gasteiger partial charge on any atom is 0.338 e. The zero-order valence-electron chi connectivity index (χ0n) is 27.2. The zero-order chi connectivity index (χ0) is 33.7. The van der Waals surface area contributed by atoms with E-state index in [0.717, 1.165) is 33.0 Å². The lowest BCUT2D eigenvalue weighted by Crippen LogP contribution is -2.39. The average molecular weight is 667 g/mol. The fraction of sp³-hybridized carbons (Fsp3) is 0.146. The molecule has 0 fully saturated rings. The van der Waals surface area contributed by atoms with Crippen LogP contribution in [0.5, 0.6) is 11.5 Å². The third kappa shape index (κ3) is 6.43. The molecule has 0 saturated heterocycles. The van der Waals surface area contributed by atoms with Gasteiger partial charge in [-0.1, -0.05) is 121 Å². The van der Waals surface area contributed by atoms with Gasteiger partial charge in [-0.15, -0.1) is 0 Å². The van der Waals surface area contributed by atoms with E-state index in [1.807, 2.05) is 110 Å². The van der Waals surface area contributed by atoms with Crippen LogP contribution in [0.25, 0.3) is 22.5 Å². The lowest BCUT2D eigenvalue weighted by Gasteiger charge is -2.25. The second kappa shape index (κ2) is 14.2. The van der Waals surface area contributed by atoms with Crippen LogP contribution in [0.3, 0.4) is 0 Å². The minimum absolute atomic E-state index is 0.195. The molecule has 5 aromatic carbocycles. The van der Waals surface area contributed by atoms with Crippen molar-refractivity contribution in [1.82, 2.24) is 4.57 Å². The van der Waals surface area contributed by atoms with Gasteiger partial charge < -0.3 is 14.2 Å².